The predicted molar refractivity (Wildman–Crippen MR) is 102 cm³/mol. The van der Waals surface area contributed by atoms with Gasteiger partial charge in [0.15, 0.2) is 0 Å². The fourth-order valence-corrected chi connectivity index (χ4v) is 5.27. The fraction of sp³-hybridized carbons (Fsp3) is 0.550. The van der Waals surface area contributed by atoms with Gasteiger partial charge in [-0.2, -0.15) is 4.31 Å². The molecule has 1 aromatic rings. The maximum absolute atomic E-state index is 12.7. The summed E-state index contributed by atoms with van der Waals surface area (Å²) in [6, 6.07) is 8.67. The number of hydrogen-bond donors (Lipinski definition) is 1. The molecule has 5 nitrogen and oxygen atoms in total. The average Bonchev–Trinajstić information content (AvgIpc) is 2.66. The van der Waals surface area contributed by atoms with E-state index in [1.165, 1.54) is 10.7 Å². The Hall–Kier alpha value is -1.66. The van der Waals surface area contributed by atoms with Gasteiger partial charge >= 0.3 is 0 Å². The molecule has 1 fully saturated rings. The van der Waals surface area contributed by atoms with Gasteiger partial charge in [0.1, 0.15) is 0 Å². The molecule has 0 saturated heterocycles. The van der Waals surface area contributed by atoms with E-state index >= 15 is 0 Å². The number of rotatable bonds is 4. The zero-order valence-corrected chi connectivity index (χ0v) is 16.3. The predicted octanol–water partition coefficient (Wildman–Crippen LogP) is 2.95. The van der Waals surface area contributed by atoms with E-state index in [1.54, 1.807) is 36.4 Å². The van der Waals surface area contributed by atoms with E-state index in [0.29, 0.717) is 35.3 Å². The summed E-state index contributed by atoms with van der Waals surface area (Å²) >= 11 is 0. The van der Waals surface area contributed by atoms with Crippen molar-refractivity contribution in [1.29, 1.82) is 0 Å². The third-order valence-electron chi connectivity index (χ3n) is 5.87. The molecular weight excluding hydrogens is 348 g/mol. The van der Waals surface area contributed by atoms with Crippen molar-refractivity contribution in [2.24, 2.45) is 11.8 Å². The molecule has 3 rings (SSSR count). The van der Waals surface area contributed by atoms with Crippen LogP contribution in [0, 0.1) is 11.8 Å². The SMILES string of the molecule is C[C@@H]1[C@H](C)CCC[C@H]1NC(=O)C1=CCN(S(=O)(=O)c2ccccc2)CC1. The lowest BCUT2D eigenvalue weighted by molar-refractivity contribution is -0.119. The second-order valence-electron chi connectivity index (χ2n) is 7.50. The molecule has 1 aliphatic carbocycles. The van der Waals surface area contributed by atoms with E-state index in [-0.39, 0.29) is 18.5 Å². The van der Waals surface area contributed by atoms with Crippen molar-refractivity contribution in [2.45, 2.75) is 50.5 Å². The summed E-state index contributed by atoms with van der Waals surface area (Å²) in [4.78, 5) is 12.9. The Morgan fingerprint density at radius 2 is 1.88 bits per heavy atom. The second kappa shape index (κ2) is 7.92. The van der Waals surface area contributed by atoms with Crippen LogP contribution in [0.3, 0.4) is 0 Å². The Morgan fingerprint density at radius 3 is 2.54 bits per heavy atom. The van der Waals surface area contributed by atoms with Gasteiger partial charge in [0.2, 0.25) is 15.9 Å². The molecule has 1 N–H and O–H groups in total. The monoisotopic (exact) mass is 376 g/mol. The summed E-state index contributed by atoms with van der Waals surface area (Å²) in [5, 5.41) is 3.18. The molecule has 1 aliphatic heterocycles. The van der Waals surface area contributed by atoms with Gasteiger partial charge in [-0.05, 0) is 36.8 Å². The van der Waals surface area contributed by atoms with Crippen molar-refractivity contribution >= 4 is 15.9 Å². The van der Waals surface area contributed by atoms with Crippen LogP contribution in [-0.4, -0.2) is 37.8 Å². The highest BCUT2D eigenvalue weighted by Crippen LogP contribution is 2.30. The molecule has 0 bridgehead atoms. The van der Waals surface area contributed by atoms with Crippen LogP contribution in [0.5, 0.6) is 0 Å². The highest BCUT2D eigenvalue weighted by atomic mass is 32.2. The van der Waals surface area contributed by atoms with Crippen LogP contribution in [0.25, 0.3) is 0 Å². The first kappa shape index (κ1) is 19.1. The summed E-state index contributed by atoms with van der Waals surface area (Å²) in [6.45, 7) is 5.04. The van der Waals surface area contributed by atoms with Crippen molar-refractivity contribution < 1.29 is 13.2 Å². The molecular formula is C20H28N2O3S. The molecule has 0 aromatic heterocycles. The molecule has 0 spiro atoms. The molecule has 26 heavy (non-hydrogen) atoms. The molecule has 142 valence electrons. The molecule has 6 heteroatoms. The van der Waals surface area contributed by atoms with Crippen LogP contribution in [0.2, 0.25) is 0 Å². The minimum atomic E-state index is -3.50. The lowest BCUT2D eigenvalue weighted by Crippen LogP contribution is -2.45. The third kappa shape index (κ3) is 4.01. The van der Waals surface area contributed by atoms with E-state index in [1.807, 2.05) is 0 Å². The minimum Gasteiger partial charge on any atom is -0.349 e. The Balaban J connectivity index is 1.63. The lowest BCUT2D eigenvalue weighted by Gasteiger charge is -2.35. The van der Waals surface area contributed by atoms with E-state index in [2.05, 4.69) is 19.2 Å². The first-order valence-corrected chi connectivity index (χ1v) is 10.9. The van der Waals surface area contributed by atoms with E-state index in [4.69, 9.17) is 0 Å². The summed E-state index contributed by atoms with van der Waals surface area (Å²) in [5.74, 6) is 1.07. The van der Waals surface area contributed by atoms with Crippen LogP contribution in [0.1, 0.15) is 39.5 Å². The summed E-state index contributed by atoms with van der Waals surface area (Å²) in [6.07, 6.45) is 5.62. The van der Waals surface area contributed by atoms with Crippen LogP contribution in [0.15, 0.2) is 46.9 Å². The number of amides is 1. The van der Waals surface area contributed by atoms with Crippen molar-refractivity contribution in [2.75, 3.05) is 13.1 Å². The van der Waals surface area contributed by atoms with Crippen molar-refractivity contribution in [3.8, 4) is 0 Å². The Kier molecular flexibility index (Phi) is 5.82. The van der Waals surface area contributed by atoms with Crippen LogP contribution >= 0.6 is 0 Å². The quantitative estimate of drug-likeness (QED) is 0.879. The second-order valence-corrected chi connectivity index (χ2v) is 9.44. The fourth-order valence-electron chi connectivity index (χ4n) is 3.86. The highest BCUT2D eigenvalue weighted by molar-refractivity contribution is 7.89. The lowest BCUT2D eigenvalue weighted by atomic mass is 9.78. The molecule has 1 amide bonds. The van der Waals surface area contributed by atoms with Gasteiger partial charge in [0, 0.05) is 24.7 Å². The van der Waals surface area contributed by atoms with Gasteiger partial charge in [0.25, 0.3) is 0 Å². The maximum atomic E-state index is 12.7. The van der Waals surface area contributed by atoms with Gasteiger partial charge in [-0.1, -0.05) is 51.0 Å². The van der Waals surface area contributed by atoms with E-state index in [9.17, 15) is 13.2 Å². The van der Waals surface area contributed by atoms with Gasteiger partial charge in [0.05, 0.1) is 4.90 Å². The van der Waals surface area contributed by atoms with E-state index < -0.39 is 10.0 Å². The Labute approximate surface area is 156 Å². The smallest absolute Gasteiger partial charge is 0.247 e. The van der Waals surface area contributed by atoms with E-state index in [0.717, 1.165) is 12.8 Å². The first-order valence-electron chi connectivity index (χ1n) is 9.44. The van der Waals surface area contributed by atoms with Crippen molar-refractivity contribution in [1.82, 2.24) is 9.62 Å². The highest BCUT2D eigenvalue weighted by Gasteiger charge is 2.31. The van der Waals surface area contributed by atoms with Crippen LogP contribution in [-0.2, 0) is 14.8 Å². The zero-order valence-electron chi connectivity index (χ0n) is 15.5. The average molecular weight is 377 g/mol. The maximum Gasteiger partial charge on any atom is 0.247 e. The Bertz CT molecular complexity index is 774. The van der Waals surface area contributed by atoms with Gasteiger partial charge in [-0.15, -0.1) is 0 Å². The van der Waals surface area contributed by atoms with Gasteiger partial charge < -0.3 is 5.32 Å². The molecule has 0 unspecified atom stereocenters. The van der Waals surface area contributed by atoms with Crippen molar-refractivity contribution in [3.63, 3.8) is 0 Å². The number of carbonyl (C=O) groups is 1. The summed E-state index contributed by atoms with van der Waals surface area (Å²) < 4.78 is 26.7. The van der Waals surface area contributed by atoms with Crippen LogP contribution < -0.4 is 5.32 Å². The van der Waals surface area contributed by atoms with Gasteiger partial charge in [-0.3, -0.25) is 4.79 Å². The molecule has 2 aliphatic rings. The van der Waals surface area contributed by atoms with Crippen molar-refractivity contribution in [3.05, 3.63) is 42.0 Å². The third-order valence-corrected chi connectivity index (χ3v) is 7.75. The normalized spacial score (nSPS) is 27.6. The first-order chi connectivity index (χ1) is 12.4. The Morgan fingerprint density at radius 1 is 1.15 bits per heavy atom. The topological polar surface area (TPSA) is 66.5 Å². The molecule has 1 heterocycles. The minimum absolute atomic E-state index is 0.0345. The zero-order chi connectivity index (χ0) is 18.7. The summed E-state index contributed by atoms with van der Waals surface area (Å²) in [7, 11) is -3.50. The number of nitrogens with zero attached hydrogens (tertiary/aromatic N) is 1. The number of carbonyl (C=O) groups excluding carboxylic acids is 1. The number of nitrogens with one attached hydrogen (secondary N) is 1. The number of hydrogen-bond acceptors (Lipinski definition) is 3. The molecule has 1 aromatic carbocycles. The van der Waals surface area contributed by atoms with Gasteiger partial charge in [-0.25, -0.2) is 8.42 Å². The number of benzene rings is 1. The number of sulfonamides is 1. The molecule has 3 atom stereocenters. The summed E-state index contributed by atoms with van der Waals surface area (Å²) in [5.41, 5.74) is 0.704. The molecule has 0 radical (unpaired) electrons. The largest absolute Gasteiger partial charge is 0.349 e. The standard InChI is InChI=1S/C20H28N2O3S/c1-15-7-6-10-19(16(15)2)21-20(23)17-11-13-22(14-12-17)26(24,25)18-8-4-3-5-9-18/h3-5,8-9,11,15-16,19H,6-7,10,12-14H2,1-2H3,(H,21,23)/t15-,16-,19-/m1/s1. The van der Waals surface area contributed by atoms with Crippen LogP contribution in [0.4, 0.5) is 0 Å². The molecule has 1 saturated carbocycles.